The summed E-state index contributed by atoms with van der Waals surface area (Å²) in [6, 6.07) is 0.410. The SMILES string of the molecule is O=C(NCCCn1ccnn1)[C@@H]1CC(=O)N(C2CC2)C1. The fourth-order valence-electron chi connectivity index (χ4n) is 2.60. The molecule has 2 heterocycles. The molecule has 1 aromatic rings. The van der Waals surface area contributed by atoms with Crippen LogP contribution >= 0.6 is 0 Å². The van der Waals surface area contributed by atoms with Gasteiger partial charge >= 0.3 is 0 Å². The van der Waals surface area contributed by atoms with Crippen LogP contribution in [0.4, 0.5) is 0 Å². The average molecular weight is 277 g/mol. The molecule has 1 aromatic heterocycles. The third kappa shape index (κ3) is 2.97. The number of likely N-dealkylation sites (tertiary alicyclic amines) is 1. The summed E-state index contributed by atoms with van der Waals surface area (Å²) in [6.07, 6.45) is 6.80. The number of hydrogen-bond donors (Lipinski definition) is 1. The Hall–Kier alpha value is -1.92. The normalized spacial score (nSPS) is 22.3. The van der Waals surface area contributed by atoms with Crippen LogP contribution in [0.5, 0.6) is 0 Å². The van der Waals surface area contributed by atoms with Crippen LogP contribution in [-0.4, -0.2) is 50.8 Å². The number of nitrogens with one attached hydrogen (secondary N) is 1. The number of nitrogens with zero attached hydrogens (tertiary/aromatic N) is 4. The number of aryl methyl sites for hydroxylation is 1. The standard InChI is InChI=1S/C13H19N5O2/c19-12-8-10(9-18(12)11-2-3-11)13(20)14-4-1-6-17-7-5-15-16-17/h5,7,10-11H,1-4,6,8-9H2,(H,14,20)/t10-/m1/s1. The zero-order valence-corrected chi connectivity index (χ0v) is 11.4. The van der Waals surface area contributed by atoms with Crippen LogP contribution in [0.15, 0.2) is 12.4 Å². The summed E-state index contributed by atoms with van der Waals surface area (Å²) in [5.74, 6) is -0.0372. The molecule has 3 rings (SSSR count). The van der Waals surface area contributed by atoms with E-state index in [4.69, 9.17) is 0 Å². The Kier molecular flexibility index (Phi) is 3.66. The van der Waals surface area contributed by atoms with Crippen LogP contribution in [0.2, 0.25) is 0 Å². The van der Waals surface area contributed by atoms with Gasteiger partial charge in [0.2, 0.25) is 11.8 Å². The summed E-state index contributed by atoms with van der Waals surface area (Å²) in [6.45, 7) is 1.93. The number of hydrogen-bond acceptors (Lipinski definition) is 4. The molecule has 7 heteroatoms. The van der Waals surface area contributed by atoms with Crippen molar-refractivity contribution in [3.8, 4) is 0 Å². The second kappa shape index (κ2) is 5.60. The van der Waals surface area contributed by atoms with Gasteiger partial charge in [0.05, 0.1) is 12.1 Å². The van der Waals surface area contributed by atoms with Gasteiger partial charge in [-0.1, -0.05) is 5.21 Å². The minimum absolute atomic E-state index is 0.0000836. The van der Waals surface area contributed by atoms with E-state index in [0.29, 0.717) is 25.6 Å². The van der Waals surface area contributed by atoms with Crippen LogP contribution in [-0.2, 0) is 16.1 Å². The zero-order chi connectivity index (χ0) is 13.9. The summed E-state index contributed by atoms with van der Waals surface area (Å²) in [7, 11) is 0. The molecular weight excluding hydrogens is 258 g/mol. The second-order valence-corrected chi connectivity index (χ2v) is 5.49. The van der Waals surface area contributed by atoms with Crippen molar-refractivity contribution in [2.24, 2.45) is 5.92 Å². The first kappa shape index (κ1) is 13.1. The molecule has 0 radical (unpaired) electrons. The molecule has 2 amide bonds. The van der Waals surface area contributed by atoms with Crippen molar-refractivity contribution in [1.29, 1.82) is 0 Å². The molecule has 2 aliphatic rings. The topological polar surface area (TPSA) is 80.1 Å². The van der Waals surface area contributed by atoms with E-state index in [2.05, 4.69) is 15.6 Å². The number of carbonyl (C=O) groups is 2. The van der Waals surface area contributed by atoms with Crippen molar-refractivity contribution in [2.75, 3.05) is 13.1 Å². The summed E-state index contributed by atoms with van der Waals surface area (Å²) >= 11 is 0. The molecule has 7 nitrogen and oxygen atoms in total. The molecule has 1 aliphatic carbocycles. The largest absolute Gasteiger partial charge is 0.356 e. The van der Waals surface area contributed by atoms with Crippen LogP contribution < -0.4 is 5.32 Å². The number of rotatable bonds is 6. The second-order valence-electron chi connectivity index (χ2n) is 5.49. The van der Waals surface area contributed by atoms with Gasteiger partial charge in [-0.2, -0.15) is 0 Å². The number of amides is 2. The Morgan fingerprint density at radius 2 is 2.30 bits per heavy atom. The van der Waals surface area contributed by atoms with Crippen molar-refractivity contribution >= 4 is 11.8 Å². The maximum atomic E-state index is 12.0. The van der Waals surface area contributed by atoms with E-state index in [-0.39, 0.29) is 17.7 Å². The molecule has 1 aliphatic heterocycles. The Balaban J connectivity index is 1.37. The van der Waals surface area contributed by atoms with Gasteiger partial charge in [-0.15, -0.1) is 5.10 Å². The lowest BCUT2D eigenvalue weighted by molar-refractivity contribution is -0.129. The summed E-state index contributed by atoms with van der Waals surface area (Å²) < 4.78 is 1.74. The third-order valence-corrected chi connectivity index (χ3v) is 3.85. The number of aromatic nitrogens is 3. The average Bonchev–Trinajstić information content (AvgIpc) is 2.99. The Labute approximate surface area is 117 Å². The quantitative estimate of drug-likeness (QED) is 0.730. The summed E-state index contributed by atoms with van der Waals surface area (Å²) in [5, 5.41) is 10.5. The fraction of sp³-hybridized carbons (Fsp3) is 0.692. The van der Waals surface area contributed by atoms with Gasteiger partial charge in [-0.3, -0.25) is 14.3 Å². The number of carbonyl (C=O) groups excluding carboxylic acids is 2. The van der Waals surface area contributed by atoms with Crippen LogP contribution in [0, 0.1) is 5.92 Å². The molecule has 1 N–H and O–H groups in total. The smallest absolute Gasteiger partial charge is 0.225 e. The molecule has 0 unspecified atom stereocenters. The minimum atomic E-state index is -0.172. The Morgan fingerprint density at radius 1 is 1.45 bits per heavy atom. The Bertz CT molecular complexity index is 483. The van der Waals surface area contributed by atoms with E-state index in [1.54, 1.807) is 17.1 Å². The van der Waals surface area contributed by atoms with Crippen molar-refractivity contribution in [1.82, 2.24) is 25.2 Å². The first-order valence-electron chi connectivity index (χ1n) is 7.15. The van der Waals surface area contributed by atoms with E-state index in [1.165, 1.54) is 0 Å². The molecule has 0 aromatic carbocycles. The van der Waals surface area contributed by atoms with Gasteiger partial charge in [-0.25, -0.2) is 0 Å². The molecule has 2 fully saturated rings. The highest BCUT2D eigenvalue weighted by atomic mass is 16.2. The van der Waals surface area contributed by atoms with Crippen molar-refractivity contribution < 1.29 is 9.59 Å². The van der Waals surface area contributed by atoms with Gasteiger partial charge in [0.25, 0.3) is 0 Å². The first-order chi connectivity index (χ1) is 9.74. The highest BCUT2D eigenvalue weighted by Gasteiger charge is 2.41. The van der Waals surface area contributed by atoms with Gasteiger partial charge in [0.1, 0.15) is 0 Å². The molecule has 1 atom stereocenters. The molecular formula is C13H19N5O2. The van der Waals surface area contributed by atoms with Gasteiger partial charge in [0, 0.05) is 38.3 Å². The van der Waals surface area contributed by atoms with Crippen LogP contribution in [0.3, 0.4) is 0 Å². The van der Waals surface area contributed by atoms with Gasteiger partial charge < -0.3 is 10.2 Å². The van der Waals surface area contributed by atoms with Crippen molar-refractivity contribution in [3.63, 3.8) is 0 Å². The maximum absolute atomic E-state index is 12.0. The summed E-state index contributed by atoms with van der Waals surface area (Å²) in [5.41, 5.74) is 0. The van der Waals surface area contributed by atoms with E-state index in [0.717, 1.165) is 25.8 Å². The van der Waals surface area contributed by atoms with E-state index in [1.807, 2.05) is 4.90 Å². The van der Waals surface area contributed by atoms with Gasteiger partial charge in [-0.05, 0) is 19.3 Å². The third-order valence-electron chi connectivity index (χ3n) is 3.85. The Morgan fingerprint density at radius 3 is 3.00 bits per heavy atom. The molecule has 0 spiro atoms. The summed E-state index contributed by atoms with van der Waals surface area (Å²) in [4.78, 5) is 25.7. The predicted molar refractivity (Wildman–Crippen MR) is 70.5 cm³/mol. The predicted octanol–water partition coefficient (Wildman–Crippen LogP) is -0.205. The highest BCUT2D eigenvalue weighted by Crippen LogP contribution is 2.32. The molecule has 1 saturated heterocycles. The molecule has 0 bridgehead atoms. The van der Waals surface area contributed by atoms with Crippen LogP contribution in [0.1, 0.15) is 25.7 Å². The molecule has 20 heavy (non-hydrogen) atoms. The van der Waals surface area contributed by atoms with E-state index in [9.17, 15) is 9.59 Å². The lowest BCUT2D eigenvalue weighted by Gasteiger charge is -2.15. The van der Waals surface area contributed by atoms with Crippen molar-refractivity contribution in [3.05, 3.63) is 12.4 Å². The lowest BCUT2D eigenvalue weighted by atomic mass is 10.1. The lowest BCUT2D eigenvalue weighted by Crippen LogP contribution is -2.34. The first-order valence-corrected chi connectivity index (χ1v) is 7.15. The molecule has 108 valence electrons. The molecule has 1 saturated carbocycles. The van der Waals surface area contributed by atoms with Crippen LogP contribution in [0.25, 0.3) is 0 Å². The maximum Gasteiger partial charge on any atom is 0.225 e. The monoisotopic (exact) mass is 277 g/mol. The highest BCUT2D eigenvalue weighted by molar-refractivity contribution is 5.89. The minimum Gasteiger partial charge on any atom is -0.356 e. The van der Waals surface area contributed by atoms with E-state index >= 15 is 0 Å². The zero-order valence-electron chi connectivity index (χ0n) is 11.4. The van der Waals surface area contributed by atoms with E-state index < -0.39 is 0 Å². The van der Waals surface area contributed by atoms with Gasteiger partial charge in [0.15, 0.2) is 0 Å². The fourth-order valence-corrected chi connectivity index (χ4v) is 2.60. The van der Waals surface area contributed by atoms with Crippen molar-refractivity contribution in [2.45, 2.75) is 38.3 Å².